The van der Waals surface area contributed by atoms with Crippen molar-refractivity contribution in [1.82, 2.24) is 10.2 Å². The molecule has 0 heterocycles. The van der Waals surface area contributed by atoms with Crippen LogP contribution in [-0.2, 0) is 25.7 Å². The third kappa shape index (κ3) is 31.0. The number of aliphatic carboxylic acids is 1. The fourth-order valence-corrected chi connectivity index (χ4v) is 6.69. The molecule has 1 rings (SSSR count). The normalized spacial score (nSPS) is 11.3. The number of nitrogens with one attached hydrogen (secondary N) is 1. The second-order valence-electron chi connectivity index (χ2n) is 14.8. The molecule has 1 aromatic carbocycles. The Kier molecular flexibility index (Phi) is 32.3. The Bertz CT molecular complexity index is 959. The molecule has 1 amide bonds. The van der Waals surface area contributed by atoms with E-state index in [1.54, 1.807) is 0 Å². The van der Waals surface area contributed by atoms with E-state index in [0.29, 0.717) is 13.0 Å². The molecule has 2 N–H and O–H groups in total. The molecule has 0 bridgehead atoms. The lowest BCUT2D eigenvalue weighted by atomic mass is 10.0. The third-order valence-electron chi connectivity index (χ3n) is 9.91. The standard InChI is InChI=1S/C44H78N2O6/c1-3-5-7-9-13-22-31-41(32-23-14-10-8-6-4-2)52-43(49)34-25-16-12-18-27-37-46(36-26-17-11-15-24-33-42(47)48)38-28-35-45-44(50)51-39-40-29-20-19-21-30-40/h19-21,29-30,41H,3-18,22-28,31-39H2,1-2H3,(H,45,50)(H,47,48). The molecular weight excluding hydrogens is 652 g/mol. The average Bonchev–Trinajstić information content (AvgIpc) is 3.14. The quantitative estimate of drug-likeness (QED) is 0.0518. The highest BCUT2D eigenvalue weighted by atomic mass is 16.5. The van der Waals surface area contributed by atoms with Crippen molar-refractivity contribution < 1.29 is 29.0 Å². The highest BCUT2D eigenvalue weighted by molar-refractivity contribution is 5.69. The van der Waals surface area contributed by atoms with E-state index in [2.05, 4.69) is 24.1 Å². The van der Waals surface area contributed by atoms with E-state index in [9.17, 15) is 14.4 Å². The number of amides is 1. The topological polar surface area (TPSA) is 105 Å². The zero-order chi connectivity index (χ0) is 37.7. The molecule has 0 unspecified atom stereocenters. The van der Waals surface area contributed by atoms with Gasteiger partial charge in [-0.05, 0) is 83.0 Å². The van der Waals surface area contributed by atoms with Crippen molar-refractivity contribution in [1.29, 1.82) is 0 Å². The summed E-state index contributed by atoms with van der Waals surface area (Å²) in [6.07, 6.45) is 29.0. The number of hydrogen-bond acceptors (Lipinski definition) is 6. The zero-order valence-corrected chi connectivity index (χ0v) is 33.5. The van der Waals surface area contributed by atoms with Gasteiger partial charge in [-0.2, -0.15) is 0 Å². The number of ether oxygens (including phenoxy) is 2. The fraction of sp³-hybridized carbons (Fsp3) is 0.795. The number of unbranched alkanes of at least 4 members (excludes halogenated alkanes) is 18. The van der Waals surface area contributed by atoms with Crippen molar-refractivity contribution in [2.45, 2.75) is 200 Å². The molecule has 0 aliphatic heterocycles. The number of carbonyl (C=O) groups excluding carboxylic acids is 2. The molecule has 0 aromatic heterocycles. The van der Waals surface area contributed by atoms with E-state index in [-0.39, 0.29) is 31.2 Å². The van der Waals surface area contributed by atoms with Gasteiger partial charge in [-0.25, -0.2) is 4.79 Å². The van der Waals surface area contributed by atoms with Gasteiger partial charge in [-0.3, -0.25) is 9.59 Å². The second kappa shape index (κ2) is 35.4. The Hall–Kier alpha value is -2.61. The number of nitrogens with zero attached hydrogens (tertiary/aromatic N) is 1. The average molecular weight is 731 g/mol. The maximum atomic E-state index is 12.8. The molecule has 300 valence electrons. The van der Waals surface area contributed by atoms with Gasteiger partial charge in [0, 0.05) is 19.4 Å². The summed E-state index contributed by atoms with van der Waals surface area (Å²) in [4.78, 5) is 38.2. The molecular formula is C44H78N2O6. The van der Waals surface area contributed by atoms with E-state index in [0.717, 1.165) is 109 Å². The van der Waals surface area contributed by atoms with Crippen LogP contribution in [0.4, 0.5) is 4.79 Å². The maximum Gasteiger partial charge on any atom is 0.407 e. The van der Waals surface area contributed by atoms with E-state index < -0.39 is 5.97 Å². The van der Waals surface area contributed by atoms with Gasteiger partial charge in [-0.15, -0.1) is 0 Å². The number of benzene rings is 1. The van der Waals surface area contributed by atoms with Crippen LogP contribution in [0.15, 0.2) is 30.3 Å². The summed E-state index contributed by atoms with van der Waals surface area (Å²) in [5.74, 6) is -0.719. The first-order valence-corrected chi connectivity index (χ1v) is 21.5. The van der Waals surface area contributed by atoms with Crippen LogP contribution in [0, 0.1) is 0 Å². The number of hydrogen-bond donors (Lipinski definition) is 2. The summed E-state index contributed by atoms with van der Waals surface area (Å²) in [5, 5.41) is 11.7. The second-order valence-corrected chi connectivity index (χ2v) is 14.8. The molecule has 1 aromatic rings. The summed E-state index contributed by atoms with van der Waals surface area (Å²) in [6.45, 7) is 8.31. The third-order valence-corrected chi connectivity index (χ3v) is 9.91. The molecule has 52 heavy (non-hydrogen) atoms. The van der Waals surface area contributed by atoms with E-state index in [4.69, 9.17) is 14.6 Å². The first-order chi connectivity index (χ1) is 25.4. The van der Waals surface area contributed by atoms with Crippen LogP contribution in [0.3, 0.4) is 0 Å². The van der Waals surface area contributed by atoms with Crippen LogP contribution in [0.1, 0.15) is 193 Å². The monoisotopic (exact) mass is 731 g/mol. The lowest BCUT2D eigenvalue weighted by Crippen LogP contribution is -2.31. The number of carboxylic acids is 1. The van der Waals surface area contributed by atoms with E-state index in [1.165, 1.54) is 77.0 Å². The predicted octanol–water partition coefficient (Wildman–Crippen LogP) is 11.8. The largest absolute Gasteiger partial charge is 0.481 e. The summed E-state index contributed by atoms with van der Waals surface area (Å²) in [6, 6.07) is 9.69. The van der Waals surface area contributed by atoms with Crippen LogP contribution in [0.25, 0.3) is 0 Å². The number of rotatable bonds is 37. The van der Waals surface area contributed by atoms with Gasteiger partial charge in [0.2, 0.25) is 0 Å². The molecule has 0 saturated carbocycles. The number of carbonyl (C=O) groups is 3. The fourth-order valence-electron chi connectivity index (χ4n) is 6.69. The van der Waals surface area contributed by atoms with Crippen LogP contribution in [-0.4, -0.2) is 60.3 Å². The molecule has 0 saturated heterocycles. The summed E-state index contributed by atoms with van der Waals surface area (Å²) in [7, 11) is 0. The molecule has 0 spiro atoms. The van der Waals surface area contributed by atoms with Crippen LogP contribution in [0.5, 0.6) is 0 Å². The van der Waals surface area contributed by atoms with Crippen molar-refractivity contribution in [2.75, 3.05) is 26.2 Å². The molecule has 8 heteroatoms. The van der Waals surface area contributed by atoms with Gasteiger partial charge in [0.1, 0.15) is 12.7 Å². The Labute approximate surface area is 318 Å². The molecule has 0 atom stereocenters. The van der Waals surface area contributed by atoms with Gasteiger partial charge < -0.3 is 24.8 Å². The molecule has 0 aliphatic carbocycles. The summed E-state index contributed by atoms with van der Waals surface area (Å²) >= 11 is 0. The first-order valence-electron chi connectivity index (χ1n) is 21.5. The van der Waals surface area contributed by atoms with Gasteiger partial charge in [0.15, 0.2) is 0 Å². The minimum absolute atomic E-state index is 0.00587. The minimum Gasteiger partial charge on any atom is -0.481 e. The highest BCUT2D eigenvalue weighted by Gasteiger charge is 2.14. The molecule has 0 radical (unpaired) electrons. The molecule has 0 fully saturated rings. The Morgan fingerprint density at radius 2 is 1.10 bits per heavy atom. The molecule has 8 nitrogen and oxygen atoms in total. The molecule has 0 aliphatic rings. The van der Waals surface area contributed by atoms with E-state index >= 15 is 0 Å². The van der Waals surface area contributed by atoms with Crippen LogP contribution in [0.2, 0.25) is 0 Å². The van der Waals surface area contributed by atoms with Crippen LogP contribution >= 0.6 is 0 Å². The van der Waals surface area contributed by atoms with Gasteiger partial charge in [0.25, 0.3) is 0 Å². The highest BCUT2D eigenvalue weighted by Crippen LogP contribution is 2.18. The van der Waals surface area contributed by atoms with Crippen molar-refractivity contribution in [3.05, 3.63) is 35.9 Å². The lowest BCUT2D eigenvalue weighted by Gasteiger charge is -2.22. The first kappa shape index (κ1) is 47.4. The summed E-state index contributed by atoms with van der Waals surface area (Å²) < 4.78 is 11.4. The summed E-state index contributed by atoms with van der Waals surface area (Å²) in [5.41, 5.74) is 0.970. The maximum absolute atomic E-state index is 12.8. The van der Waals surface area contributed by atoms with Gasteiger partial charge in [-0.1, -0.05) is 147 Å². The Morgan fingerprint density at radius 1 is 0.615 bits per heavy atom. The van der Waals surface area contributed by atoms with E-state index in [1.807, 2.05) is 30.3 Å². The predicted molar refractivity (Wildman–Crippen MR) is 215 cm³/mol. The van der Waals surface area contributed by atoms with Crippen LogP contribution < -0.4 is 5.32 Å². The number of alkyl carbamates (subject to hydrolysis) is 1. The Morgan fingerprint density at radius 3 is 1.65 bits per heavy atom. The van der Waals surface area contributed by atoms with Gasteiger partial charge >= 0.3 is 18.0 Å². The smallest absolute Gasteiger partial charge is 0.407 e. The minimum atomic E-state index is -0.713. The lowest BCUT2D eigenvalue weighted by molar-refractivity contribution is -0.150. The van der Waals surface area contributed by atoms with Crippen molar-refractivity contribution in [3.8, 4) is 0 Å². The SMILES string of the molecule is CCCCCCCCC(CCCCCCCC)OC(=O)CCCCCCCN(CCCCCCCC(=O)O)CCCNC(=O)OCc1ccccc1. The number of esters is 1. The van der Waals surface area contributed by atoms with Crippen molar-refractivity contribution >= 4 is 18.0 Å². The zero-order valence-electron chi connectivity index (χ0n) is 33.5. The van der Waals surface area contributed by atoms with Crippen molar-refractivity contribution in [2.24, 2.45) is 0 Å². The Balaban J connectivity index is 2.33. The van der Waals surface area contributed by atoms with Gasteiger partial charge in [0.05, 0.1) is 0 Å². The van der Waals surface area contributed by atoms with Crippen molar-refractivity contribution in [3.63, 3.8) is 0 Å². The number of carboxylic acid groups (broad SMARTS) is 1.